The van der Waals surface area contributed by atoms with Crippen molar-refractivity contribution in [2.24, 2.45) is 0 Å². The van der Waals surface area contributed by atoms with Gasteiger partial charge in [0, 0.05) is 19.6 Å². The number of amides is 2. The molecule has 2 rings (SSSR count). The molecule has 0 radical (unpaired) electrons. The normalized spacial score (nSPS) is 12.3. The molecule has 180 valence electrons. The molecule has 0 aliphatic carbocycles. The van der Waals surface area contributed by atoms with Crippen LogP contribution in [0.2, 0.25) is 0 Å². The number of carbonyl (C=O) groups excluding carboxylic acids is 2. The molecule has 1 atom stereocenters. The van der Waals surface area contributed by atoms with Crippen molar-refractivity contribution in [3.05, 3.63) is 65.7 Å². The molecular weight excluding hydrogens is 442 g/mol. The molecule has 0 bridgehead atoms. The predicted octanol–water partition coefficient (Wildman–Crippen LogP) is 2.40. The standard InChI is InChI=1S/C24H33N3O5S/c1-5-15-25-24(29)19(2)27(17-21-11-13-22(32-3)14-12-21)23(28)18-26(33(4,30)31)16-20-9-7-6-8-10-20/h6-14,19H,5,15-18H2,1-4H3,(H,25,29)/t19-/m1/s1. The fourth-order valence-electron chi connectivity index (χ4n) is 3.23. The first-order valence-electron chi connectivity index (χ1n) is 10.8. The number of benzene rings is 2. The quantitative estimate of drug-likeness (QED) is 0.509. The first-order valence-corrected chi connectivity index (χ1v) is 12.7. The Morgan fingerprint density at radius 2 is 1.61 bits per heavy atom. The van der Waals surface area contributed by atoms with Crippen LogP contribution in [0.5, 0.6) is 5.75 Å². The number of rotatable bonds is 12. The topological polar surface area (TPSA) is 96.0 Å². The molecule has 0 saturated carbocycles. The van der Waals surface area contributed by atoms with Crippen molar-refractivity contribution < 1.29 is 22.7 Å². The van der Waals surface area contributed by atoms with Gasteiger partial charge in [-0.15, -0.1) is 0 Å². The lowest BCUT2D eigenvalue weighted by molar-refractivity contribution is -0.140. The third-order valence-electron chi connectivity index (χ3n) is 5.21. The number of carbonyl (C=O) groups is 2. The van der Waals surface area contributed by atoms with Crippen LogP contribution in [0.15, 0.2) is 54.6 Å². The highest BCUT2D eigenvalue weighted by Crippen LogP contribution is 2.16. The maximum Gasteiger partial charge on any atom is 0.242 e. The summed E-state index contributed by atoms with van der Waals surface area (Å²) in [6.07, 6.45) is 1.85. The van der Waals surface area contributed by atoms with E-state index < -0.39 is 22.0 Å². The van der Waals surface area contributed by atoms with Gasteiger partial charge in [-0.3, -0.25) is 9.59 Å². The minimum atomic E-state index is -3.66. The molecular formula is C24H33N3O5S. The number of hydrogen-bond donors (Lipinski definition) is 1. The Bertz CT molecular complexity index is 1010. The van der Waals surface area contributed by atoms with Crippen molar-refractivity contribution in [2.45, 2.75) is 39.4 Å². The second-order valence-corrected chi connectivity index (χ2v) is 9.84. The molecule has 2 amide bonds. The summed E-state index contributed by atoms with van der Waals surface area (Å²) >= 11 is 0. The van der Waals surface area contributed by atoms with Gasteiger partial charge in [-0.05, 0) is 36.6 Å². The van der Waals surface area contributed by atoms with Gasteiger partial charge >= 0.3 is 0 Å². The van der Waals surface area contributed by atoms with Crippen LogP contribution in [-0.4, -0.2) is 61.9 Å². The van der Waals surface area contributed by atoms with Crippen LogP contribution in [0, 0.1) is 0 Å². The van der Waals surface area contributed by atoms with Gasteiger partial charge in [-0.1, -0.05) is 49.4 Å². The summed E-state index contributed by atoms with van der Waals surface area (Å²) in [6, 6.07) is 15.5. The molecule has 33 heavy (non-hydrogen) atoms. The van der Waals surface area contributed by atoms with Crippen molar-refractivity contribution in [1.29, 1.82) is 0 Å². The minimum Gasteiger partial charge on any atom is -0.497 e. The summed E-state index contributed by atoms with van der Waals surface area (Å²) < 4.78 is 31.2. The molecule has 0 aliphatic heterocycles. The molecule has 0 aromatic heterocycles. The first-order chi connectivity index (χ1) is 15.7. The Hall–Kier alpha value is -2.91. The van der Waals surface area contributed by atoms with E-state index in [9.17, 15) is 18.0 Å². The molecule has 2 aromatic carbocycles. The Labute approximate surface area is 196 Å². The maximum atomic E-state index is 13.4. The average molecular weight is 476 g/mol. The van der Waals surface area contributed by atoms with Gasteiger partial charge in [0.15, 0.2) is 0 Å². The number of sulfonamides is 1. The van der Waals surface area contributed by atoms with Gasteiger partial charge in [0.2, 0.25) is 21.8 Å². The minimum absolute atomic E-state index is 0.0677. The Balaban J connectivity index is 2.27. The van der Waals surface area contributed by atoms with Crippen LogP contribution in [0.25, 0.3) is 0 Å². The SMILES string of the molecule is CCCNC(=O)[C@@H](C)N(Cc1ccc(OC)cc1)C(=O)CN(Cc1ccccc1)S(C)(=O)=O. The highest BCUT2D eigenvalue weighted by atomic mass is 32.2. The molecule has 0 fully saturated rings. The molecule has 0 heterocycles. The third kappa shape index (κ3) is 8.18. The zero-order chi connectivity index (χ0) is 24.4. The van der Waals surface area contributed by atoms with Crippen LogP contribution in [0.4, 0.5) is 0 Å². The molecule has 0 aliphatic rings. The lowest BCUT2D eigenvalue weighted by Gasteiger charge is -2.31. The molecule has 2 aromatic rings. The van der Waals surface area contributed by atoms with Gasteiger partial charge in [0.05, 0.1) is 19.9 Å². The summed E-state index contributed by atoms with van der Waals surface area (Å²) in [5.74, 6) is -0.0597. The average Bonchev–Trinajstić information content (AvgIpc) is 2.80. The van der Waals surface area contributed by atoms with Crippen molar-refractivity contribution >= 4 is 21.8 Å². The van der Waals surface area contributed by atoms with E-state index >= 15 is 0 Å². The summed E-state index contributed by atoms with van der Waals surface area (Å²) in [6.45, 7) is 3.95. The number of methoxy groups -OCH3 is 1. The van der Waals surface area contributed by atoms with E-state index in [0.29, 0.717) is 12.3 Å². The maximum absolute atomic E-state index is 13.4. The van der Waals surface area contributed by atoms with E-state index in [0.717, 1.165) is 28.1 Å². The van der Waals surface area contributed by atoms with Crippen LogP contribution in [0.3, 0.4) is 0 Å². The van der Waals surface area contributed by atoms with Crippen molar-refractivity contribution in [1.82, 2.24) is 14.5 Å². The van der Waals surface area contributed by atoms with E-state index in [1.807, 2.05) is 37.3 Å². The van der Waals surface area contributed by atoms with Gasteiger partial charge < -0.3 is 15.0 Å². The predicted molar refractivity (Wildman–Crippen MR) is 128 cm³/mol. The third-order valence-corrected chi connectivity index (χ3v) is 6.41. The zero-order valence-corrected chi connectivity index (χ0v) is 20.5. The smallest absolute Gasteiger partial charge is 0.242 e. The molecule has 0 saturated heterocycles. The lowest BCUT2D eigenvalue weighted by Crippen LogP contribution is -2.51. The Morgan fingerprint density at radius 1 is 1.00 bits per heavy atom. The molecule has 1 N–H and O–H groups in total. The van der Waals surface area contributed by atoms with Crippen LogP contribution in [0.1, 0.15) is 31.4 Å². The molecule has 9 heteroatoms. The summed E-state index contributed by atoms with van der Waals surface area (Å²) in [4.78, 5) is 27.4. The van der Waals surface area contributed by atoms with Crippen molar-refractivity contribution in [3.63, 3.8) is 0 Å². The highest BCUT2D eigenvalue weighted by Gasteiger charge is 2.29. The van der Waals surface area contributed by atoms with Gasteiger partial charge in [0.25, 0.3) is 0 Å². The first kappa shape index (κ1) is 26.3. The van der Waals surface area contributed by atoms with Gasteiger partial charge in [-0.25, -0.2) is 8.42 Å². The fraction of sp³-hybridized carbons (Fsp3) is 0.417. The number of ether oxygens (including phenoxy) is 1. The van der Waals surface area contributed by atoms with Crippen molar-refractivity contribution in [3.8, 4) is 5.75 Å². The number of nitrogens with one attached hydrogen (secondary N) is 1. The fourth-order valence-corrected chi connectivity index (χ4v) is 3.95. The number of nitrogens with zero attached hydrogens (tertiary/aromatic N) is 2. The summed E-state index contributed by atoms with van der Waals surface area (Å²) in [5.41, 5.74) is 1.57. The second kappa shape index (κ2) is 12.4. The monoisotopic (exact) mass is 475 g/mol. The van der Waals surface area contributed by atoms with E-state index in [4.69, 9.17) is 4.74 Å². The molecule has 0 unspecified atom stereocenters. The molecule has 8 nitrogen and oxygen atoms in total. The second-order valence-electron chi connectivity index (χ2n) is 7.85. The Kier molecular flexibility index (Phi) is 9.87. The van der Waals surface area contributed by atoms with Crippen molar-refractivity contribution in [2.75, 3.05) is 26.5 Å². The van der Waals surface area contributed by atoms with Gasteiger partial charge in [-0.2, -0.15) is 4.31 Å². The van der Waals surface area contributed by atoms with Gasteiger partial charge in [0.1, 0.15) is 11.8 Å². The molecule has 0 spiro atoms. The largest absolute Gasteiger partial charge is 0.497 e. The highest BCUT2D eigenvalue weighted by molar-refractivity contribution is 7.88. The van der Waals surface area contributed by atoms with Crippen LogP contribution >= 0.6 is 0 Å². The van der Waals surface area contributed by atoms with Crippen LogP contribution in [-0.2, 0) is 32.7 Å². The van der Waals surface area contributed by atoms with E-state index in [1.54, 1.807) is 38.3 Å². The van der Waals surface area contributed by atoms with E-state index in [-0.39, 0.29) is 25.5 Å². The Morgan fingerprint density at radius 3 is 2.15 bits per heavy atom. The zero-order valence-electron chi connectivity index (χ0n) is 19.7. The number of hydrogen-bond acceptors (Lipinski definition) is 5. The van der Waals surface area contributed by atoms with E-state index in [1.165, 1.54) is 4.90 Å². The van der Waals surface area contributed by atoms with Crippen LogP contribution < -0.4 is 10.1 Å². The summed E-state index contributed by atoms with van der Waals surface area (Å²) in [5, 5.41) is 2.81. The lowest BCUT2D eigenvalue weighted by atomic mass is 10.1. The van der Waals surface area contributed by atoms with E-state index in [2.05, 4.69) is 5.32 Å². The summed E-state index contributed by atoms with van der Waals surface area (Å²) in [7, 11) is -2.10.